The molecule has 1 aliphatic rings. The molecule has 5 nitrogen and oxygen atoms in total. The fourth-order valence-corrected chi connectivity index (χ4v) is 5.00. The minimum atomic E-state index is -3.78. The molecule has 1 aromatic carbocycles. The zero-order valence-corrected chi connectivity index (χ0v) is 13.7. The van der Waals surface area contributed by atoms with Crippen molar-refractivity contribution in [3.05, 3.63) is 64.9 Å². The zero-order valence-electron chi connectivity index (χ0n) is 12.1. The van der Waals surface area contributed by atoms with E-state index in [9.17, 15) is 8.42 Å². The van der Waals surface area contributed by atoms with Gasteiger partial charge >= 0.3 is 0 Å². The number of hydrogen-bond donors (Lipinski definition) is 1. The Hall–Kier alpha value is -1.89. The van der Waals surface area contributed by atoms with Gasteiger partial charge in [0.15, 0.2) is 10.2 Å². The first-order chi connectivity index (χ1) is 11.1. The molecule has 0 bridgehead atoms. The van der Waals surface area contributed by atoms with E-state index < -0.39 is 10.0 Å². The second-order valence-electron chi connectivity index (χ2n) is 5.55. The minimum absolute atomic E-state index is 0.0147. The third-order valence-electron chi connectivity index (χ3n) is 4.13. The van der Waals surface area contributed by atoms with Gasteiger partial charge in [0, 0.05) is 12.2 Å². The van der Waals surface area contributed by atoms with Crippen LogP contribution in [0.25, 0.3) is 5.65 Å². The van der Waals surface area contributed by atoms with Gasteiger partial charge in [0.1, 0.15) is 5.65 Å². The Morgan fingerprint density at radius 1 is 1.17 bits per heavy atom. The molecule has 0 unspecified atom stereocenters. The second-order valence-corrected chi connectivity index (χ2v) is 7.54. The van der Waals surface area contributed by atoms with E-state index in [-0.39, 0.29) is 16.2 Å². The first-order valence-electron chi connectivity index (χ1n) is 7.29. The van der Waals surface area contributed by atoms with Crippen LogP contribution in [0.2, 0.25) is 5.15 Å². The highest BCUT2D eigenvalue weighted by Crippen LogP contribution is 2.33. The summed E-state index contributed by atoms with van der Waals surface area (Å²) in [6.45, 7) is 0. The van der Waals surface area contributed by atoms with Crippen LogP contribution in [0.4, 0.5) is 0 Å². The largest absolute Gasteiger partial charge is 0.288 e. The number of nitrogens with zero attached hydrogens (tertiary/aromatic N) is 2. The van der Waals surface area contributed by atoms with E-state index in [0.717, 1.165) is 18.4 Å². The van der Waals surface area contributed by atoms with Crippen molar-refractivity contribution in [2.45, 2.75) is 23.9 Å². The summed E-state index contributed by atoms with van der Waals surface area (Å²) in [5.74, 6) is 0. The monoisotopic (exact) mass is 347 g/mol. The van der Waals surface area contributed by atoms with E-state index in [4.69, 9.17) is 11.6 Å². The van der Waals surface area contributed by atoms with Crippen molar-refractivity contribution in [3.8, 4) is 0 Å². The lowest BCUT2D eigenvalue weighted by molar-refractivity contribution is 0.550. The summed E-state index contributed by atoms with van der Waals surface area (Å²) in [6.07, 6.45) is 3.25. The van der Waals surface area contributed by atoms with Gasteiger partial charge in [-0.15, -0.1) is 0 Å². The number of halogens is 1. The lowest BCUT2D eigenvalue weighted by atomic mass is 10.1. The van der Waals surface area contributed by atoms with Gasteiger partial charge in [0.05, 0.1) is 0 Å². The van der Waals surface area contributed by atoms with Crippen LogP contribution in [0.1, 0.15) is 23.6 Å². The molecule has 0 fully saturated rings. The van der Waals surface area contributed by atoms with E-state index in [1.54, 1.807) is 24.4 Å². The number of hydrogen-bond acceptors (Lipinski definition) is 3. The Morgan fingerprint density at radius 2 is 1.96 bits per heavy atom. The van der Waals surface area contributed by atoms with Crippen LogP contribution >= 0.6 is 11.6 Å². The maximum absolute atomic E-state index is 12.8. The van der Waals surface area contributed by atoms with Crippen molar-refractivity contribution in [3.63, 3.8) is 0 Å². The van der Waals surface area contributed by atoms with Gasteiger partial charge in [0.2, 0.25) is 0 Å². The molecule has 2 aromatic heterocycles. The van der Waals surface area contributed by atoms with Gasteiger partial charge in [-0.25, -0.2) is 18.1 Å². The summed E-state index contributed by atoms with van der Waals surface area (Å²) in [5.41, 5.74) is 2.72. The fraction of sp³-hybridized carbons (Fsp3) is 0.188. The van der Waals surface area contributed by atoms with Gasteiger partial charge in [0.25, 0.3) is 10.0 Å². The first kappa shape index (κ1) is 14.7. The van der Waals surface area contributed by atoms with Crippen LogP contribution < -0.4 is 4.72 Å². The third-order valence-corrected chi connectivity index (χ3v) is 6.00. The van der Waals surface area contributed by atoms with Gasteiger partial charge < -0.3 is 0 Å². The molecule has 2 heterocycles. The third kappa shape index (κ3) is 2.43. The van der Waals surface area contributed by atoms with Crippen LogP contribution in [0, 0.1) is 0 Å². The first-order valence-corrected chi connectivity index (χ1v) is 9.15. The standard InChI is InChI=1S/C16H14ClN3O2S/c17-15-16(20-10-4-3-7-14(20)18-15)23(21,22)19-13-9-8-11-5-1-2-6-12(11)13/h1-7,10,13,19H,8-9H2/t13-/m1/s1. The number of fused-ring (bicyclic) bond motifs is 2. The Labute approximate surface area is 139 Å². The van der Waals surface area contributed by atoms with Crippen LogP contribution in [0.5, 0.6) is 0 Å². The lowest BCUT2D eigenvalue weighted by Crippen LogP contribution is -2.28. The van der Waals surface area contributed by atoms with E-state index in [0.29, 0.717) is 5.65 Å². The molecule has 3 aromatic rings. The smallest absolute Gasteiger partial charge is 0.260 e. The molecule has 1 atom stereocenters. The number of pyridine rings is 1. The average molecular weight is 348 g/mol. The molecule has 1 aliphatic carbocycles. The lowest BCUT2D eigenvalue weighted by Gasteiger charge is -2.14. The quantitative estimate of drug-likeness (QED) is 0.792. The Morgan fingerprint density at radius 3 is 2.83 bits per heavy atom. The average Bonchev–Trinajstić information content (AvgIpc) is 3.07. The molecule has 0 radical (unpaired) electrons. The molecular weight excluding hydrogens is 334 g/mol. The topological polar surface area (TPSA) is 63.5 Å². The van der Waals surface area contributed by atoms with E-state index >= 15 is 0 Å². The number of benzene rings is 1. The molecule has 4 rings (SSSR count). The maximum Gasteiger partial charge on any atom is 0.260 e. The van der Waals surface area contributed by atoms with Crippen molar-refractivity contribution in [1.29, 1.82) is 0 Å². The van der Waals surface area contributed by atoms with Crippen LogP contribution in [0.3, 0.4) is 0 Å². The molecule has 7 heteroatoms. The second kappa shape index (κ2) is 5.33. The predicted molar refractivity (Wildman–Crippen MR) is 88.0 cm³/mol. The highest BCUT2D eigenvalue weighted by Gasteiger charge is 2.30. The number of rotatable bonds is 3. The zero-order chi connectivity index (χ0) is 16.0. The molecule has 118 valence electrons. The van der Waals surface area contributed by atoms with Gasteiger partial charge in [-0.2, -0.15) is 0 Å². The Kier molecular flexibility index (Phi) is 3.41. The van der Waals surface area contributed by atoms with Gasteiger partial charge in [-0.3, -0.25) is 4.40 Å². The van der Waals surface area contributed by atoms with Crippen molar-refractivity contribution >= 4 is 27.3 Å². The summed E-state index contributed by atoms with van der Waals surface area (Å²) in [7, 11) is -3.78. The molecule has 0 aliphatic heterocycles. The predicted octanol–water partition coefficient (Wildman–Crippen LogP) is 2.95. The minimum Gasteiger partial charge on any atom is -0.288 e. The highest BCUT2D eigenvalue weighted by molar-refractivity contribution is 7.89. The van der Waals surface area contributed by atoms with Crippen molar-refractivity contribution in [1.82, 2.24) is 14.1 Å². The summed E-state index contributed by atoms with van der Waals surface area (Å²) in [5, 5.41) is -0.0332. The summed E-state index contributed by atoms with van der Waals surface area (Å²) >= 11 is 6.09. The normalized spacial score (nSPS) is 17.5. The van der Waals surface area contributed by atoms with Crippen molar-refractivity contribution in [2.75, 3.05) is 0 Å². The highest BCUT2D eigenvalue weighted by atomic mass is 35.5. The molecule has 0 saturated heterocycles. The number of sulfonamides is 1. The number of nitrogens with one attached hydrogen (secondary N) is 1. The Balaban J connectivity index is 1.75. The fourth-order valence-electron chi connectivity index (χ4n) is 3.11. The number of imidazole rings is 1. The van der Waals surface area contributed by atoms with Gasteiger partial charge in [-0.05, 0) is 36.1 Å². The van der Waals surface area contributed by atoms with Crippen LogP contribution in [-0.4, -0.2) is 17.8 Å². The molecule has 1 N–H and O–H groups in total. The molecule has 0 amide bonds. The Bertz CT molecular complexity index is 997. The van der Waals surface area contributed by atoms with Crippen LogP contribution in [0.15, 0.2) is 53.7 Å². The molecular formula is C16H14ClN3O2S. The van der Waals surface area contributed by atoms with Crippen LogP contribution in [-0.2, 0) is 16.4 Å². The molecule has 23 heavy (non-hydrogen) atoms. The number of aromatic nitrogens is 2. The summed E-state index contributed by atoms with van der Waals surface area (Å²) < 4.78 is 29.9. The number of aryl methyl sites for hydroxylation is 1. The SMILES string of the molecule is O=S(=O)(N[C@@H]1CCc2ccccc21)c1c(Cl)nc2ccccn12. The van der Waals surface area contributed by atoms with E-state index in [1.807, 2.05) is 24.3 Å². The van der Waals surface area contributed by atoms with Gasteiger partial charge in [-0.1, -0.05) is 41.9 Å². The summed E-state index contributed by atoms with van der Waals surface area (Å²) in [6, 6.07) is 12.9. The van der Waals surface area contributed by atoms with Crippen molar-refractivity contribution < 1.29 is 8.42 Å². The van der Waals surface area contributed by atoms with Crippen molar-refractivity contribution in [2.24, 2.45) is 0 Å². The maximum atomic E-state index is 12.8. The molecule has 0 spiro atoms. The molecule has 0 saturated carbocycles. The van der Waals surface area contributed by atoms with E-state index in [1.165, 1.54) is 9.96 Å². The summed E-state index contributed by atoms with van der Waals surface area (Å²) in [4.78, 5) is 4.11. The van der Waals surface area contributed by atoms with E-state index in [2.05, 4.69) is 9.71 Å².